The quantitative estimate of drug-likeness (QED) is 0.753. The van der Waals surface area contributed by atoms with Gasteiger partial charge in [0.2, 0.25) is 0 Å². The lowest BCUT2D eigenvalue weighted by molar-refractivity contribution is 0.182. The molecule has 27 heavy (non-hydrogen) atoms. The largest absolute Gasteiger partial charge is 0.377 e. The fourth-order valence-electron chi connectivity index (χ4n) is 3.81. The maximum Gasteiger partial charge on any atom is 0.267 e. The highest BCUT2D eigenvalue weighted by Gasteiger charge is 2.32. The van der Waals surface area contributed by atoms with Crippen molar-refractivity contribution in [1.29, 1.82) is 0 Å². The minimum absolute atomic E-state index is 0.0166. The van der Waals surface area contributed by atoms with E-state index in [0.29, 0.717) is 13.2 Å². The number of nitrogens with one attached hydrogen (secondary N) is 1. The van der Waals surface area contributed by atoms with Crippen LogP contribution in [0.3, 0.4) is 0 Å². The van der Waals surface area contributed by atoms with Gasteiger partial charge >= 0.3 is 0 Å². The number of ether oxygens (including phenoxy) is 1. The number of fused-ring (bicyclic) bond motifs is 2. The maximum atomic E-state index is 12.7. The van der Waals surface area contributed by atoms with E-state index < -0.39 is 0 Å². The number of pyridine rings is 1. The molecule has 6 nitrogen and oxygen atoms in total. The molecule has 0 bridgehead atoms. The molecule has 1 aromatic carbocycles. The molecular weight excluding hydrogens is 360 g/mol. The Bertz CT molecular complexity index is 1050. The van der Waals surface area contributed by atoms with Crippen molar-refractivity contribution >= 4 is 28.4 Å². The third-order valence-electron chi connectivity index (χ3n) is 5.22. The van der Waals surface area contributed by atoms with E-state index in [4.69, 9.17) is 9.84 Å². The number of thioether (sulfide) groups is 1. The van der Waals surface area contributed by atoms with Gasteiger partial charge < -0.3 is 10.1 Å². The highest BCUT2D eigenvalue weighted by atomic mass is 32.2. The summed E-state index contributed by atoms with van der Waals surface area (Å²) in [7, 11) is 0. The summed E-state index contributed by atoms with van der Waals surface area (Å²) < 4.78 is 7.35. The van der Waals surface area contributed by atoms with E-state index in [1.54, 1.807) is 16.9 Å². The monoisotopic (exact) mass is 380 g/mol. The summed E-state index contributed by atoms with van der Waals surface area (Å²) in [6, 6.07) is 11.6. The first-order valence-corrected chi connectivity index (χ1v) is 10.3. The second-order valence-electron chi connectivity index (χ2n) is 6.93. The van der Waals surface area contributed by atoms with Crippen LogP contribution in [0.4, 0.5) is 5.69 Å². The number of para-hydroxylation sites is 1. The van der Waals surface area contributed by atoms with Crippen LogP contribution in [0, 0.1) is 0 Å². The van der Waals surface area contributed by atoms with E-state index in [1.807, 2.05) is 36.0 Å². The maximum absolute atomic E-state index is 12.7. The molecule has 1 saturated heterocycles. The van der Waals surface area contributed by atoms with Crippen molar-refractivity contribution in [2.45, 2.75) is 24.3 Å². The summed E-state index contributed by atoms with van der Waals surface area (Å²) in [6.45, 7) is 1.03. The molecule has 2 atom stereocenters. The van der Waals surface area contributed by atoms with Gasteiger partial charge in [0.15, 0.2) is 0 Å². The van der Waals surface area contributed by atoms with Gasteiger partial charge in [0, 0.05) is 35.5 Å². The zero-order chi connectivity index (χ0) is 18.2. The predicted molar refractivity (Wildman–Crippen MR) is 107 cm³/mol. The molecule has 5 rings (SSSR count). The Kier molecular flexibility index (Phi) is 4.33. The minimum Gasteiger partial charge on any atom is -0.377 e. The van der Waals surface area contributed by atoms with Gasteiger partial charge in [-0.3, -0.25) is 9.78 Å². The minimum atomic E-state index is -0.121. The van der Waals surface area contributed by atoms with Gasteiger partial charge in [-0.1, -0.05) is 18.2 Å². The Hall–Kier alpha value is -2.38. The predicted octanol–water partition coefficient (Wildman–Crippen LogP) is 2.63. The summed E-state index contributed by atoms with van der Waals surface area (Å²) in [5, 5.41) is 9.34. The Labute approximate surface area is 160 Å². The average Bonchev–Trinajstić information content (AvgIpc) is 3.15. The standard InChI is InChI=1S/C20H20N4O2S/c25-20-9-13-12-27-8-6-15(13)23-24(20)19-11-26-10-18(19)22-17-5-7-21-16-4-2-1-3-14(16)17/h1-5,7,9,18-19H,6,8,10-12H2,(H,21,22). The first-order chi connectivity index (χ1) is 13.3. The van der Waals surface area contributed by atoms with Gasteiger partial charge in [0.05, 0.1) is 30.5 Å². The van der Waals surface area contributed by atoms with Gasteiger partial charge in [0.25, 0.3) is 5.56 Å². The third-order valence-corrected chi connectivity index (χ3v) is 6.23. The topological polar surface area (TPSA) is 69.0 Å². The molecule has 0 spiro atoms. The van der Waals surface area contributed by atoms with Crippen LogP contribution in [0.15, 0.2) is 47.4 Å². The van der Waals surface area contributed by atoms with E-state index in [9.17, 15) is 4.79 Å². The molecule has 7 heteroatoms. The molecular formula is C20H20N4O2S. The summed E-state index contributed by atoms with van der Waals surface area (Å²) >= 11 is 1.86. The molecule has 2 aromatic heterocycles. The van der Waals surface area contributed by atoms with E-state index in [1.165, 1.54) is 0 Å². The van der Waals surface area contributed by atoms with Gasteiger partial charge in [-0.2, -0.15) is 16.9 Å². The zero-order valence-electron chi connectivity index (χ0n) is 14.8. The molecule has 2 aliphatic rings. The molecule has 3 aromatic rings. The van der Waals surface area contributed by atoms with Crippen LogP contribution in [0.2, 0.25) is 0 Å². The molecule has 1 N–H and O–H groups in total. The van der Waals surface area contributed by atoms with Gasteiger partial charge in [-0.05, 0) is 23.4 Å². The summed E-state index contributed by atoms with van der Waals surface area (Å²) in [6.07, 6.45) is 2.72. The van der Waals surface area contributed by atoms with Crippen LogP contribution >= 0.6 is 11.8 Å². The molecule has 0 amide bonds. The number of rotatable bonds is 3. The van der Waals surface area contributed by atoms with Gasteiger partial charge in [-0.25, -0.2) is 4.68 Å². The number of anilines is 1. The third kappa shape index (κ3) is 3.11. The molecule has 4 heterocycles. The van der Waals surface area contributed by atoms with Crippen molar-refractivity contribution < 1.29 is 4.74 Å². The molecule has 0 saturated carbocycles. The van der Waals surface area contributed by atoms with Crippen molar-refractivity contribution in [3.05, 3.63) is 64.2 Å². The van der Waals surface area contributed by atoms with Crippen molar-refractivity contribution in [2.75, 3.05) is 24.3 Å². The Morgan fingerprint density at radius 1 is 1.22 bits per heavy atom. The van der Waals surface area contributed by atoms with E-state index in [0.717, 1.165) is 45.8 Å². The normalized spacial score (nSPS) is 21.9. The number of nitrogens with zero attached hydrogens (tertiary/aromatic N) is 3. The van der Waals surface area contributed by atoms with Crippen molar-refractivity contribution in [2.24, 2.45) is 0 Å². The van der Waals surface area contributed by atoms with E-state index in [-0.39, 0.29) is 17.6 Å². The number of aromatic nitrogens is 3. The first kappa shape index (κ1) is 16.8. The van der Waals surface area contributed by atoms with E-state index >= 15 is 0 Å². The fraction of sp³-hybridized carbons (Fsp3) is 0.350. The summed E-state index contributed by atoms with van der Waals surface area (Å²) in [5.41, 5.74) is 4.03. The molecule has 2 unspecified atom stereocenters. The van der Waals surface area contributed by atoms with Gasteiger partial charge in [0.1, 0.15) is 6.04 Å². The van der Waals surface area contributed by atoms with E-state index in [2.05, 4.69) is 16.4 Å². The van der Waals surface area contributed by atoms with Crippen LogP contribution in [-0.4, -0.2) is 39.8 Å². The van der Waals surface area contributed by atoms with Gasteiger partial charge in [-0.15, -0.1) is 0 Å². The number of aryl methyl sites for hydroxylation is 1. The molecule has 0 radical (unpaired) electrons. The Balaban J connectivity index is 1.48. The SMILES string of the molecule is O=c1cc2c(nn1C1COCC1Nc1ccnc3ccccc13)CCSC2. The fourth-order valence-corrected chi connectivity index (χ4v) is 4.76. The number of hydrogen-bond acceptors (Lipinski definition) is 6. The smallest absolute Gasteiger partial charge is 0.267 e. The lowest BCUT2D eigenvalue weighted by Gasteiger charge is -2.24. The lowest BCUT2D eigenvalue weighted by atomic mass is 10.1. The van der Waals surface area contributed by atoms with Crippen LogP contribution < -0.4 is 10.9 Å². The molecule has 138 valence electrons. The molecule has 2 aliphatic heterocycles. The Morgan fingerprint density at radius 2 is 2.15 bits per heavy atom. The van der Waals surface area contributed by atoms with Crippen LogP contribution in [-0.2, 0) is 16.9 Å². The summed E-state index contributed by atoms with van der Waals surface area (Å²) in [5.74, 6) is 1.94. The van der Waals surface area contributed by atoms with Crippen molar-refractivity contribution in [3.8, 4) is 0 Å². The number of hydrogen-bond donors (Lipinski definition) is 1. The van der Waals surface area contributed by atoms with Crippen molar-refractivity contribution in [3.63, 3.8) is 0 Å². The number of benzene rings is 1. The lowest BCUT2D eigenvalue weighted by Crippen LogP contribution is -2.38. The average molecular weight is 380 g/mol. The molecule has 0 aliphatic carbocycles. The van der Waals surface area contributed by atoms with Crippen molar-refractivity contribution in [1.82, 2.24) is 14.8 Å². The Morgan fingerprint density at radius 3 is 3.11 bits per heavy atom. The molecule has 1 fully saturated rings. The highest BCUT2D eigenvalue weighted by molar-refractivity contribution is 7.98. The first-order valence-electron chi connectivity index (χ1n) is 9.17. The second kappa shape index (κ2) is 6.98. The summed E-state index contributed by atoms with van der Waals surface area (Å²) in [4.78, 5) is 17.1. The highest BCUT2D eigenvalue weighted by Crippen LogP contribution is 2.27. The second-order valence-corrected chi connectivity index (χ2v) is 8.04. The van der Waals surface area contributed by atoms with Crippen LogP contribution in [0.25, 0.3) is 10.9 Å². The van der Waals surface area contributed by atoms with Crippen LogP contribution in [0.5, 0.6) is 0 Å². The zero-order valence-corrected chi connectivity index (χ0v) is 15.6. The van der Waals surface area contributed by atoms with Crippen LogP contribution in [0.1, 0.15) is 17.3 Å².